The molecule has 0 aromatic carbocycles. The van der Waals surface area contributed by atoms with Crippen LogP contribution in [-0.2, 0) is 39.3 Å². The zero-order valence-electron chi connectivity index (χ0n) is 23.9. The van der Waals surface area contributed by atoms with E-state index < -0.39 is 36.4 Å². The van der Waals surface area contributed by atoms with Crippen LogP contribution >= 0.6 is 0 Å². The van der Waals surface area contributed by atoms with Crippen molar-refractivity contribution in [1.29, 1.82) is 0 Å². The molecule has 0 aliphatic carbocycles. The summed E-state index contributed by atoms with van der Waals surface area (Å²) in [6, 6.07) is 4.18. The summed E-state index contributed by atoms with van der Waals surface area (Å²) >= 11 is 0. The molecule has 2 aliphatic heterocycles. The van der Waals surface area contributed by atoms with Crippen molar-refractivity contribution in [3.05, 3.63) is 48.3 Å². The molecule has 3 N–H and O–H groups in total. The molecule has 0 saturated carbocycles. The Morgan fingerprint density at radius 2 is 1.35 bits per heavy atom. The van der Waals surface area contributed by atoms with Gasteiger partial charge in [0.15, 0.2) is 0 Å². The number of aromatic nitrogens is 3. The van der Waals surface area contributed by atoms with Crippen molar-refractivity contribution in [2.45, 2.75) is 38.0 Å². The number of nitrogens with zero attached hydrogens (tertiary/aromatic N) is 5. The highest BCUT2D eigenvalue weighted by molar-refractivity contribution is 5.73. The van der Waals surface area contributed by atoms with Gasteiger partial charge >= 0.3 is 36.4 Å². The first-order valence-corrected chi connectivity index (χ1v) is 12.8. The number of ether oxygens (including phenoxy) is 1. The number of likely N-dealkylation sites (tertiary alicyclic amines) is 1. The fourth-order valence-corrected chi connectivity index (χ4v) is 4.12. The fourth-order valence-electron chi connectivity index (χ4n) is 4.12. The van der Waals surface area contributed by atoms with Gasteiger partial charge in [0.25, 0.3) is 0 Å². The van der Waals surface area contributed by atoms with Crippen LogP contribution in [0.1, 0.15) is 17.8 Å². The van der Waals surface area contributed by atoms with E-state index in [0.29, 0.717) is 0 Å². The van der Waals surface area contributed by atoms with Gasteiger partial charge in [0.05, 0.1) is 19.8 Å². The van der Waals surface area contributed by atoms with Crippen LogP contribution in [0.4, 0.5) is 39.5 Å². The van der Waals surface area contributed by atoms with E-state index in [4.69, 9.17) is 34.4 Å². The van der Waals surface area contributed by atoms with Crippen molar-refractivity contribution in [2.24, 2.45) is 12.5 Å². The monoisotopic (exact) mass is 683 g/mol. The maximum atomic E-state index is 10.6. The molecular formula is C25H30F9N5O7. The maximum absolute atomic E-state index is 10.6. The SMILES string of the molecule is Cn1ccnc1CN1CCC2(COCCN(Cc3cccnc3)C2)C1.O=C(O)C(F)(F)F.O=C(O)C(F)(F)F.O=C(O)C(F)(F)F. The molecule has 12 nitrogen and oxygen atoms in total. The van der Waals surface area contributed by atoms with Crippen LogP contribution in [0.25, 0.3) is 0 Å². The first-order chi connectivity index (χ1) is 21.1. The van der Waals surface area contributed by atoms with Crippen LogP contribution < -0.4 is 0 Å². The number of aryl methyl sites for hydroxylation is 1. The van der Waals surface area contributed by atoms with Gasteiger partial charge < -0.3 is 24.6 Å². The number of carboxylic acids is 3. The molecule has 0 radical (unpaired) electrons. The fraction of sp³-hybridized carbons (Fsp3) is 0.560. The molecule has 2 aliphatic rings. The molecule has 2 aromatic heterocycles. The maximum Gasteiger partial charge on any atom is 0.490 e. The van der Waals surface area contributed by atoms with Crippen molar-refractivity contribution in [2.75, 3.05) is 39.4 Å². The number of halogens is 9. The van der Waals surface area contributed by atoms with E-state index in [1.165, 1.54) is 12.0 Å². The lowest BCUT2D eigenvalue weighted by atomic mass is 9.87. The van der Waals surface area contributed by atoms with Gasteiger partial charge in [0, 0.05) is 63.4 Å². The Morgan fingerprint density at radius 1 is 0.848 bits per heavy atom. The second kappa shape index (κ2) is 17.1. The summed E-state index contributed by atoms with van der Waals surface area (Å²) in [5.74, 6) is -7.13. The lowest BCUT2D eigenvalue weighted by Crippen LogP contribution is -2.40. The standard InChI is InChI=1S/C19H27N5O.3C2HF3O2/c1-22-8-6-21-18(22)13-23-7-4-19(14-23)15-24(9-10-25-16-19)12-17-3-2-5-20-11-17;3*3-2(4,5)1(6)7/h2-3,5-6,8,11H,4,7,9-10,12-16H2,1H3;3*(H,6,7). The topological polar surface area (TPSA) is 158 Å². The summed E-state index contributed by atoms with van der Waals surface area (Å²) in [5.41, 5.74) is 1.52. The Balaban J connectivity index is 0.000000413. The lowest BCUT2D eigenvalue weighted by molar-refractivity contribution is -0.193. The largest absolute Gasteiger partial charge is 0.490 e. The molecule has 1 spiro atoms. The molecule has 21 heteroatoms. The molecule has 1 atom stereocenters. The van der Waals surface area contributed by atoms with Gasteiger partial charge in [-0.1, -0.05) is 6.07 Å². The normalized spacial score (nSPS) is 19.0. The number of carbonyl (C=O) groups is 3. The number of rotatable bonds is 4. The van der Waals surface area contributed by atoms with Crippen LogP contribution in [0.5, 0.6) is 0 Å². The number of alkyl halides is 9. The molecule has 4 rings (SSSR count). The number of hydrogen-bond donors (Lipinski definition) is 3. The molecular weight excluding hydrogens is 653 g/mol. The number of aliphatic carboxylic acids is 3. The molecule has 2 aromatic rings. The van der Waals surface area contributed by atoms with E-state index in [1.54, 1.807) is 0 Å². The van der Waals surface area contributed by atoms with Crippen molar-refractivity contribution < 1.29 is 74.0 Å². The third-order valence-electron chi connectivity index (χ3n) is 6.18. The Kier molecular flexibility index (Phi) is 14.9. The summed E-state index contributed by atoms with van der Waals surface area (Å²) in [7, 11) is 2.07. The third-order valence-corrected chi connectivity index (χ3v) is 6.18. The summed E-state index contributed by atoms with van der Waals surface area (Å²) in [6.45, 7) is 7.87. The van der Waals surface area contributed by atoms with E-state index in [1.807, 2.05) is 30.9 Å². The van der Waals surface area contributed by atoms with Crippen LogP contribution in [0.15, 0.2) is 36.9 Å². The predicted molar refractivity (Wildman–Crippen MR) is 137 cm³/mol. The van der Waals surface area contributed by atoms with E-state index in [9.17, 15) is 39.5 Å². The summed E-state index contributed by atoms with van der Waals surface area (Å²) in [4.78, 5) is 40.5. The van der Waals surface area contributed by atoms with Crippen molar-refractivity contribution in [3.8, 4) is 0 Å². The van der Waals surface area contributed by atoms with E-state index in [0.717, 1.165) is 58.3 Å². The van der Waals surface area contributed by atoms with Crippen LogP contribution in [-0.4, -0.2) is 115 Å². The second-order valence-electron chi connectivity index (χ2n) is 9.95. The molecule has 46 heavy (non-hydrogen) atoms. The van der Waals surface area contributed by atoms with Crippen molar-refractivity contribution in [3.63, 3.8) is 0 Å². The minimum Gasteiger partial charge on any atom is -0.475 e. The van der Waals surface area contributed by atoms with Gasteiger partial charge in [-0.3, -0.25) is 14.8 Å². The Labute approximate surface area is 255 Å². The van der Waals surface area contributed by atoms with E-state index >= 15 is 0 Å². The highest BCUT2D eigenvalue weighted by Crippen LogP contribution is 2.34. The molecule has 0 amide bonds. The summed E-state index contributed by atoms with van der Waals surface area (Å²) in [5, 5.41) is 21.4. The van der Waals surface area contributed by atoms with Crippen LogP contribution in [0.2, 0.25) is 0 Å². The highest BCUT2D eigenvalue weighted by Gasteiger charge is 2.42. The molecule has 4 heterocycles. The minimum absolute atomic E-state index is 0.240. The van der Waals surface area contributed by atoms with Gasteiger partial charge in [0.2, 0.25) is 0 Å². The van der Waals surface area contributed by atoms with Gasteiger partial charge in [0.1, 0.15) is 5.82 Å². The van der Waals surface area contributed by atoms with Gasteiger partial charge in [-0.2, -0.15) is 39.5 Å². The Bertz CT molecular complexity index is 1200. The minimum atomic E-state index is -5.08. The number of imidazole rings is 1. The van der Waals surface area contributed by atoms with Crippen LogP contribution in [0.3, 0.4) is 0 Å². The summed E-state index contributed by atoms with van der Waals surface area (Å²) < 4.78 is 103. The average molecular weight is 684 g/mol. The smallest absolute Gasteiger partial charge is 0.475 e. The lowest BCUT2D eigenvalue weighted by Gasteiger charge is -2.32. The molecule has 260 valence electrons. The molecule has 2 fully saturated rings. The van der Waals surface area contributed by atoms with Crippen molar-refractivity contribution in [1.82, 2.24) is 24.3 Å². The molecule has 1 unspecified atom stereocenters. The second-order valence-corrected chi connectivity index (χ2v) is 9.95. The third kappa shape index (κ3) is 14.9. The number of carboxylic acid groups (broad SMARTS) is 3. The quantitative estimate of drug-likeness (QED) is 0.406. The number of hydrogen-bond acceptors (Lipinski definition) is 8. The Morgan fingerprint density at radius 3 is 1.76 bits per heavy atom. The molecule has 0 bridgehead atoms. The van der Waals surface area contributed by atoms with Crippen molar-refractivity contribution >= 4 is 17.9 Å². The first-order valence-electron chi connectivity index (χ1n) is 12.8. The van der Waals surface area contributed by atoms with E-state index in [2.05, 4.69) is 37.4 Å². The first kappa shape index (κ1) is 40.0. The van der Waals surface area contributed by atoms with Gasteiger partial charge in [-0.25, -0.2) is 19.4 Å². The highest BCUT2D eigenvalue weighted by atomic mass is 19.4. The Hall–Kier alpha value is -3.98. The molecule has 2 saturated heterocycles. The average Bonchev–Trinajstić information content (AvgIpc) is 3.45. The van der Waals surface area contributed by atoms with Gasteiger partial charge in [-0.15, -0.1) is 0 Å². The predicted octanol–water partition coefficient (Wildman–Crippen LogP) is 3.44. The summed E-state index contributed by atoms with van der Waals surface area (Å²) in [6.07, 6.45) is -6.35. The van der Waals surface area contributed by atoms with Gasteiger partial charge in [-0.05, 0) is 24.6 Å². The van der Waals surface area contributed by atoms with E-state index in [-0.39, 0.29) is 5.41 Å². The number of pyridine rings is 1. The van der Waals surface area contributed by atoms with Crippen LogP contribution in [0, 0.1) is 5.41 Å². The zero-order valence-corrected chi connectivity index (χ0v) is 23.9. The zero-order chi connectivity index (χ0) is 35.3.